The topological polar surface area (TPSA) is 62.5 Å². The summed E-state index contributed by atoms with van der Waals surface area (Å²) in [6, 6.07) is 18.3. The van der Waals surface area contributed by atoms with Crippen molar-refractivity contribution in [1.82, 2.24) is 14.3 Å². The van der Waals surface area contributed by atoms with Gasteiger partial charge in [-0.2, -0.15) is 10.4 Å². The van der Waals surface area contributed by atoms with E-state index in [2.05, 4.69) is 28.6 Å². The summed E-state index contributed by atoms with van der Waals surface area (Å²) in [5, 5.41) is 17.3. The Labute approximate surface area is 163 Å². The Kier molecular flexibility index (Phi) is 4.65. The predicted molar refractivity (Wildman–Crippen MR) is 107 cm³/mol. The van der Waals surface area contributed by atoms with E-state index in [1.807, 2.05) is 82.9 Å². The van der Waals surface area contributed by atoms with E-state index < -0.39 is 0 Å². The normalized spacial score (nSPS) is 10.6. The summed E-state index contributed by atoms with van der Waals surface area (Å²) in [5.74, 6) is 0. The second-order valence-corrected chi connectivity index (χ2v) is 6.79. The highest BCUT2D eigenvalue weighted by Gasteiger charge is 2.14. The van der Waals surface area contributed by atoms with E-state index in [0.717, 1.165) is 29.3 Å². The average molecular weight is 369 g/mol. The summed E-state index contributed by atoms with van der Waals surface area (Å²) in [5.41, 5.74) is 5.53. The summed E-state index contributed by atoms with van der Waals surface area (Å²) < 4.78 is 5.88. The lowest BCUT2D eigenvalue weighted by molar-refractivity contribution is -0.595. The molecule has 6 heteroatoms. The van der Waals surface area contributed by atoms with Crippen LogP contribution in [0, 0.1) is 18.3 Å². The van der Waals surface area contributed by atoms with Crippen LogP contribution in [0.3, 0.4) is 0 Å². The van der Waals surface area contributed by atoms with Crippen LogP contribution in [0.25, 0.3) is 5.69 Å². The van der Waals surface area contributed by atoms with Gasteiger partial charge in [0, 0.05) is 18.8 Å². The number of hydrogen-bond acceptors (Lipinski definition) is 3. The van der Waals surface area contributed by atoms with Crippen molar-refractivity contribution in [2.75, 3.05) is 5.32 Å². The molecular formula is C22H21N6+. The first-order chi connectivity index (χ1) is 13.6. The van der Waals surface area contributed by atoms with Crippen LogP contribution in [0.4, 0.5) is 11.4 Å². The first-order valence-corrected chi connectivity index (χ1v) is 9.04. The standard InChI is InChI=1S/C22H21N6/c1-17-13-27(16-26(17)2)22-9-8-20(10-19(22)11-23)25-21-12-24-28(15-21)14-18-6-4-3-5-7-18/h3-10,12-13,15-16,25H,14H2,1-2H3/q+1. The van der Waals surface area contributed by atoms with Crippen LogP contribution in [0.5, 0.6) is 0 Å². The zero-order valence-electron chi connectivity index (χ0n) is 15.9. The van der Waals surface area contributed by atoms with E-state index in [1.165, 1.54) is 5.56 Å². The summed E-state index contributed by atoms with van der Waals surface area (Å²) in [6.45, 7) is 2.75. The highest BCUT2D eigenvalue weighted by atomic mass is 15.3. The quantitative estimate of drug-likeness (QED) is 0.548. The number of benzene rings is 2. The fraction of sp³-hybridized carbons (Fsp3) is 0.136. The second kappa shape index (κ2) is 7.41. The number of rotatable bonds is 5. The Morgan fingerprint density at radius 1 is 1.14 bits per heavy atom. The Bertz CT molecular complexity index is 1130. The number of nitrogens with zero attached hydrogens (tertiary/aromatic N) is 5. The molecule has 2 heterocycles. The van der Waals surface area contributed by atoms with Crippen LogP contribution in [0.1, 0.15) is 16.8 Å². The lowest BCUT2D eigenvalue weighted by Crippen LogP contribution is -2.28. The van der Waals surface area contributed by atoms with E-state index in [9.17, 15) is 5.26 Å². The predicted octanol–water partition coefficient (Wildman–Crippen LogP) is 3.47. The van der Waals surface area contributed by atoms with Crippen molar-refractivity contribution < 1.29 is 4.57 Å². The van der Waals surface area contributed by atoms with Crippen LogP contribution in [0.2, 0.25) is 0 Å². The molecule has 0 aliphatic rings. The van der Waals surface area contributed by atoms with Crippen molar-refractivity contribution in [3.8, 4) is 11.8 Å². The van der Waals surface area contributed by atoms with Gasteiger partial charge >= 0.3 is 0 Å². The van der Waals surface area contributed by atoms with Crippen LogP contribution in [-0.2, 0) is 13.6 Å². The molecule has 0 saturated carbocycles. The fourth-order valence-electron chi connectivity index (χ4n) is 3.12. The van der Waals surface area contributed by atoms with Gasteiger partial charge in [-0.25, -0.2) is 9.13 Å². The maximum absolute atomic E-state index is 9.60. The monoisotopic (exact) mass is 369 g/mol. The van der Waals surface area contributed by atoms with Gasteiger partial charge in [-0.3, -0.25) is 4.68 Å². The molecule has 28 heavy (non-hydrogen) atoms. The SMILES string of the molecule is Cc1c[n+](-c2ccc(Nc3cnn(Cc4ccccc4)c3)cc2C#N)cn1C. The molecule has 0 amide bonds. The first-order valence-electron chi connectivity index (χ1n) is 9.04. The minimum atomic E-state index is 0.609. The summed E-state index contributed by atoms with van der Waals surface area (Å²) >= 11 is 0. The van der Waals surface area contributed by atoms with Crippen molar-refractivity contribution in [2.24, 2.45) is 7.05 Å². The van der Waals surface area contributed by atoms with Gasteiger partial charge in [0.05, 0.1) is 25.5 Å². The van der Waals surface area contributed by atoms with Gasteiger partial charge in [0.15, 0.2) is 0 Å². The van der Waals surface area contributed by atoms with Crippen LogP contribution in [-0.4, -0.2) is 14.3 Å². The number of aryl methyl sites for hydroxylation is 2. The molecule has 0 saturated heterocycles. The molecule has 0 aliphatic heterocycles. The number of aromatic nitrogens is 4. The van der Waals surface area contributed by atoms with Crippen molar-refractivity contribution in [1.29, 1.82) is 5.26 Å². The lowest BCUT2D eigenvalue weighted by atomic mass is 10.1. The van der Waals surface area contributed by atoms with E-state index >= 15 is 0 Å². The smallest absolute Gasteiger partial charge is 0.249 e. The summed E-state index contributed by atoms with van der Waals surface area (Å²) in [4.78, 5) is 0. The Morgan fingerprint density at radius 2 is 1.96 bits per heavy atom. The number of imidazole rings is 1. The fourth-order valence-corrected chi connectivity index (χ4v) is 3.12. The highest BCUT2D eigenvalue weighted by molar-refractivity contribution is 5.62. The minimum Gasteiger partial charge on any atom is -0.353 e. The molecule has 4 aromatic rings. The van der Waals surface area contributed by atoms with Crippen molar-refractivity contribution in [2.45, 2.75) is 13.5 Å². The van der Waals surface area contributed by atoms with Crippen molar-refractivity contribution >= 4 is 11.4 Å². The second-order valence-electron chi connectivity index (χ2n) is 6.79. The molecule has 0 atom stereocenters. The molecule has 6 nitrogen and oxygen atoms in total. The van der Waals surface area contributed by atoms with Gasteiger partial charge in [-0.05, 0) is 23.8 Å². The molecule has 1 N–H and O–H groups in total. The lowest BCUT2D eigenvalue weighted by Gasteiger charge is -2.06. The average Bonchev–Trinajstić information content (AvgIpc) is 3.28. The van der Waals surface area contributed by atoms with Crippen molar-refractivity contribution in [3.63, 3.8) is 0 Å². The third kappa shape index (κ3) is 3.64. The third-order valence-corrected chi connectivity index (χ3v) is 4.68. The molecule has 0 unspecified atom stereocenters. The van der Waals surface area contributed by atoms with Gasteiger partial charge in [0.2, 0.25) is 6.33 Å². The Balaban J connectivity index is 1.53. The van der Waals surface area contributed by atoms with Gasteiger partial charge in [0.25, 0.3) is 0 Å². The first kappa shape index (κ1) is 17.6. The largest absolute Gasteiger partial charge is 0.353 e. The molecular weight excluding hydrogens is 348 g/mol. The van der Waals surface area contributed by atoms with E-state index in [-0.39, 0.29) is 0 Å². The molecule has 0 aliphatic carbocycles. The number of anilines is 2. The molecule has 138 valence electrons. The molecule has 0 bridgehead atoms. The van der Waals surface area contributed by atoms with Crippen LogP contribution >= 0.6 is 0 Å². The molecule has 2 aromatic carbocycles. The minimum absolute atomic E-state index is 0.609. The van der Waals surface area contributed by atoms with Crippen molar-refractivity contribution in [3.05, 3.63) is 90.3 Å². The van der Waals surface area contributed by atoms with E-state index in [0.29, 0.717) is 5.56 Å². The third-order valence-electron chi connectivity index (χ3n) is 4.68. The molecule has 0 fully saturated rings. The van der Waals surface area contributed by atoms with Gasteiger partial charge in [-0.15, -0.1) is 0 Å². The van der Waals surface area contributed by atoms with E-state index in [4.69, 9.17) is 0 Å². The van der Waals surface area contributed by atoms with Gasteiger partial charge in [-0.1, -0.05) is 30.3 Å². The molecule has 2 aromatic heterocycles. The number of nitriles is 1. The molecule has 0 spiro atoms. The number of nitrogens with one attached hydrogen (secondary N) is 1. The maximum atomic E-state index is 9.60. The zero-order chi connectivity index (χ0) is 19.5. The molecule has 4 rings (SSSR count). The molecule has 0 radical (unpaired) electrons. The zero-order valence-corrected chi connectivity index (χ0v) is 15.9. The van der Waals surface area contributed by atoms with Crippen LogP contribution < -0.4 is 9.88 Å². The maximum Gasteiger partial charge on any atom is 0.249 e. The number of hydrogen-bond donors (Lipinski definition) is 1. The summed E-state index contributed by atoms with van der Waals surface area (Å²) in [6.07, 6.45) is 7.73. The summed E-state index contributed by atoms with van der Waals surface area (Å²) in [7, 11) is 1.99. The Hall–Kier alpha value is -3.85. The van der Waals surface area contributed by atoms with Gasteiger partial charge < -0.3 is 5.32 Å². The Morgan fingerprint density at radius 3 is 2.68 bits per heavy atom. The van der Waals surface area contributed by atoms with E-state index in [1.54, 1.807) is 6.20 Å². The highest BCUT2D eigenvalue weighted by Crippen LogP contribution is 2.20. The van der Waals surface area contributed by atoms with Crippen LogP contribution in [0.15, 0.2) is 73.4 Å². The van der Waals surface area contributed by atoms with Gasteiger partial charge in [0.1, 0.15) is 29.2 Å².